The minimum atomic E-state index is -0.209. The van der Waals surface area contributed by atoms with Gasteiger partial charge in [-0.05, 0) is 36.3 Å². The first-order valence-corrected chi connectivity index (χ1v) is 6.47. The fraction of sp³-hybridized carbons (Fsp3) is 0.417. The highest BCUT2D eigenvalue weighted by Crippen LogP contribution is 2.47. The van der Waals surface area contributed by atoms with Gasteiger partial charge in [0.2, 0.25) is 0 Å². The van der Waals surface area contributed by atoms with Gasteiger partial charge in [-0.25, -0.2) is 0 Å². The number of hydrogen-bond donors (Lipinski definition) is 0. The number of carbonyl (C=O) groups excluding carboxylic acids is 1. The zero-order chi connectivity index (χ0) is 10.9. The predicted octanol–water partition coefficient (Wildman–Crippen LogP) is 3.68. The summed E-state index contributed by atoms with van der Waals surface area (Å²) < 4.78 is 0. The highest BCUT2D eigenvalue weighted by molar-refractivity contribution is 7.99. The van der Waals surface area contributed by atoms with Crippen molar-refractivity contribution in [1.82, 2.24) is 0 Å². The van der Waals surface area contributed by atoms with Crippen molar-refractivity contribution in [3.63, 3.8) is 0 Å². The molecule has 1 saturated carbocycles. The van der Waals surface area contributed by atoms with Gasteiger partial charge in [0.1, 0.15) is 6.29 Å². The van der Waals surface area contributed by atoms with Gasteiger partial charge in [0.15, 0.2) is 0 Å². The van der Waals surface area contributed by atoms with Crippen LogP contribution < -0.4 is 0 Å². The largest absolute Gasteiger partial charge is 0.302 e. The second-order valence-corrected chi connectivity index (χ2v) is 5.57. The Bertz CT molecular complexity index is 385. The minimum absolute atomic E-state index is 0.209. The van der Waals surface area contributed by atoms with Crippen molar-refractivity contribution in [3.05, 3.63) is 28.8 Å². The summed E-state index contributed by atoms with van der Waals surface area (Å²) in [6, 6.07) is 6.00. The zero-order valence-electron chi connectivity index (χ0n) is 8.63. The predicted molar refractivity (Wildman–Crippen MR) is 64.8 cm³/mol. The molecule has 1 aliphatic rings. The van der Waals surface area contributed by atoms with E-state index in [1.165, 1.54) is 0 Å². The molecular formula is C12H13ClOS. The molecule has 1 nitrogen and oxygen atoms in total. The monoisotopic (exact) mass is 240 g/mol. The van der Waals surface area contributed by atoms with Crippen molar-refractivity contribution >= 4 is 29.6 Å². The van der Waals surface area contributed by atoms with E-state index in [1.807, 2.05) is 18.2 Å². The van der Waals surface area contributed by atoms with Crippen LogP contribution in [-0.2, 0) is 10.2 Å². The van der Waals surface area contributed by atoms with Gasteiger partial charge in [0, 0.05) is 4.90 Å². The average molecular weight is 241 g/mol. The van der Waals surface area contributed by atoms with E-state index in [9.17, 15) is 4.79 Å². The molecule has 0 radical (unpaired) electrons. The Balaban J connectivity index is 2.29. The van der Waals surface area contributed by atoms with Crippen molar-refractivity contribution in [3.8, 4) is 0 Å². The van der Waals surface area contributed by atoms with Crippen LogP contribution in [0.4, 0.5) is 0 Å². The SMILES string of the molecule is CCSc1ccc(C2(C=O)CC2)cc1Cl. The number of hydrogen-bond acceptors (Lipinski definition) is 2. The van der Waals surface area contributed by atoms with Crippen LogP contribution >= 0.6 is 23.4 Å². The first-order valence-electron chi connectivity index (χ1n) is 5.11. The van der Waals surface area contributed by atoms with E-state index in [0.29, 0.717) is 0 Å². The van der Waals surface area contributed by atoms with E-state index >= 15 is 0 Å². The lowest BCUT2D eigenvalue weighted by molar-refractivity contribution is -0.109. The van der Waals surface area contributed by atoms with Crippen molar-refractivity contribution in [2.75, 3.05) is 5.75 Å². The van der Waals surface area contributed by atoms with Gasteiger partial charge in [0.05, 0.1) is 10.4 Å². The topological polar surface area (TPSA) is 17.1 Å². The number of halogens is 1. The van der Waals surface area contributed by atoms with E-state index < -0.39 is 0 Å². The average Bonchev–Trinajstić information content (AvgIpc) is 3.02. The molecule has 2 rings (SSSR count). The molecule has 3 heteroatoms. The fourth-order valence-electron chi connectivity index (χ4n) is 1.69. The minimum Gasteiger partial charge on any atom is -0.302 e. The molecule has 80 valence electrons. The number of thioether (sulfide) groups is 1. The molecule has 0 saturated heterocycles. The molecule has 0 spiro atoms. The summed E-state index contributed by atoms with van der Waals surface area (Å²) in [6.07, 6.45) is 2.99. The van der Waals surface area contributed by atoms with Gasteiger partial charge in [-0.3, -0.25) is 0 Å². The molecule has 15 heavy (non-hydrogen) atoms. The normalized spacial score (nSPS) is 17.5. The van der Waals surface area contributed by atoms with Gasteiger partial charge in [0.25, 0.3) is 0 Å². The Morgan fingerprint density at radius 1 is 1.53 bits per heavy atom. The fourth-order valence-corrected chi connectivity index (χ4v) is 2.71. The Kier molecular flexibility index (Phi) is 3.08. The number of rotatable bonds is 4. The zero-order valence-corrected chi connectivity index (χ0v) is 10.2. The van der Waals surface area contributed by atoms with Gasteiger partial charge < -0.3 is 4.79 Å². The first kappa shape index (κ1) is 11.0. The second kappa shape index (κ2) is 4.18. The molecule has 0 N–H and O–H groups in total. The lowest BCUT2D eigenvalue weighted by Gasteiger charge is -2.10. The van der Waals surface area contributed by atoms with E-state index in [0.717, 1.165) is 40.4 Å². The third-order valence-corrected chi connectivity index (χ3v) is 4.20. The maximum absolute atomic E-state index is 11.0. The van der Waals surface area contributed by atoms with Crippen LogP contribution in [0.3, 0.4) is 0 Å². The number of benzene rings is 1. The smallest absolute Gasteiger partial charge is 0.130 e. The maximum Gasteiger partial charge on any atom is 0.130 e. The maximum atomic E-state index is 11.0. The summed E-state index contributed by atoms with van der Waals surface area (Å²) in [5.74, 6) is 1.01. The molecule has 1 aromatic rings. The highest BCUT2D eigenvalue weighted by atomic mass is 35.5. The highest BCUT2D eigenvalue weighted by Gasteiger charge is 2.44. The third-order valence-electron chi connectivity index (χ3n) is 2.82. The van der Waals surface area contributed by atoms with Gasteiger partial charge in [-0.1, -0.05) is 24.6 Å². The van der Waals surface area contributed by atoms with Crippen LogP contribution in [-0.4, -0.2) is 12.0 Å². The van der Waals surface area contributed by atoms with E-state index in [-0.39, 0.29) is 5.41 Å². The van der Waals surface area contributed by atoms with Crippen molar-refractivity contribution in [1.29, 1.82) is 0 Å². The molecule has 0 heterocycles. The number of carbonyl (C=O) groups is 1. The molecule has 1 aliphatic carbocycles. The van der Waals surface area contributed by atoms with Gasteiger partial charge in [-0.15, -0.1) is 11.8 Å². The lowest BCUT2D eigenvalue weighted by atomic mass is 9.98. The Labute approximate surface area is 99.2 Å². The Morgan fingerprint density at radius 3 is 2.73 bits per heavy atom. The lowest BCUT2D eigenvalue weighted by Crippen LogP contribution is -2.07. The summed E-state index contributed by atoms with van der Waals surface area (Å²) in [5, 5.41) is 0.771. The van der Waals surface area contributed by atoms with Crippen LogP contribution in [0.2, 0.25) is 5.02 Å². The summed E-state index contributed by atoms with van der Waals surface area (Å²) in [4.78, 5) is 12.1. The van der Waals surface area contributed by atoms with Crippen molar-refractivity contribution in [2.45, 2.75) is 30.1 Å². The standard InChI is InChI=1S/C12H13ClOS/c1-2-15-11-4-3-9(7-10(11)13)12(8-14)5-6-12/h3-4,7-8H,2,5-6H2,1H3. The molecule has 0 amide bonds. The molecule has 1 aromatic carbocycles. The van der Waals surface area contributed by atoms with Crippen LogP contribution in [0.15, 0.2) is 23.1 Å². The van der Waals surface area contributed by atoms with Crippen LogP contribution in [0.25, 0.3) is 0 Å². The van der Waals surface area contributed by atoms with Gasteiger partial charge >= 0.3 is 0 Å². The number of aldehydes is 1. The Hall–Kier alpha value is -0.470. The Morgan fingerprint density at radius 2 is 2.27 bits per heavy atom. The molecule has 0 atom stereocenters. The summed E-state index contributed by atoms with van der Waals surface area (Å²) >= 11 is 7.89. The summed E-state index contributed by atoms with van der Waals surface area (Å²) in [7, 11) is 0. The van der Waals surface area contributed by atoms with Crippen molar-refractivity contribution in [2.24, 2.45) is 0 Å². The molecule has 0 aliphatic heterocycles. The van der Waals surface area contributed by atoms with Crippen molar-refractivity contribution < 1.29 is 4.79 Å². The van der Waals surface area contributed by atoms with Crippen LogP contribution in [0.1, 0.15) is 25.3 Å². The molecule has 0 unspecified atom stereocenters. The quantitative estimate of drug-likeness (QED) is 0.590. The molecule has 1 fully saturated rings. The van der Waals surface area contributed by atoms with E-state index in [1.54, 1.807) is 11.8 Å². The van der Waals surface area contributed by atoms with Gasteiger partial charge in [-0.2, -0.15) is 0 Å². The first-order chi connectivity index (χ1) is 7.22. The van der Waals surface area contributed by atoms with Crippen LogP contribution in [0.5, 0.6) is 0 Å². The van der Waals surface area contributed by atoms with E-state index in [4.69, 9.17) is 11.6 Å². The second-order valence-electron chi connectivity index (χ2n) is 3.85. The summed E-state index contributed by atoms with van der Waals surface area (Å²) in [5.41, 5.74) is 0.863. The molecule has 0 aromatic heterocycles. The molecule has 0 bridgehead atoms. The summed E-state index contributed by atoms with van der Waals surface area (Å²) in [6.45, 7) is 2.10. The third kappa shape index (κ3) is 2.06. The van der Waals surface area contributed by atoms with Crippen LogP contribution in [0, 0.1) is 0 Å². The van der Waals surface area contributed by atoms with E-state index in [2.05, 4.69) is 6.92 Å². The molecular weight excluding hydrogens is 228 g/mol.